The molecule has 8 heteroatoms. The van der Waals surface area contributed by atoms with Crippen molar-refractivity contribution in [3.8, 4) is 22.6 Å². The van der Waals surface area contributed by atoms with Crippen LogP contribution in [0.1, 0.15) is 50.3 Å². The Balaban J connectivity index is 1.18. The number of rotatable bonds is 6. The van der Waals surface area contributed by atoms with E-state index in [1.165, 1.54) is 22.3 Å². The number of hydrogen-bond acceptors (Lipinski definition) is 6. The molecule has 3 aromatic rings. The van der Waals surface area contributed by atoms with Crippen LogP contribution in [0.5, 0.6) is 11.5 Å². The Labute approximate surface area is 235 Å². The Morgan fingerprint density at radius 2 is 1.50 bits per heavy atom. The van der Waals surface area contributed by atoms with Crippen molar-refractivity contribution in [2.75, 3.05) is 26.4 Å². The largest absolute Gasteiger partial charge is 0.492 e. The van der Waals surface area contributed by atoms with Crippen molar-refractivity contribution in [3.05, 3.63) is 88.9 Å². The molecular formula is C32H34BNO6. The smallest absolute Gasteiger partial charge is 0.486 e. The number of carbonyl (C=O) groups excluding carboxylic acids is 1. The molecule has 1 N–H and O–H groups in total. The standard InChI is InChI=1S/C32H34BNO6/c1-31(2)32(3,4)40-33(39-31)22(17-21-13-14-28-29(18-21)37-16-15-36-28)19-34-30(35)38-20-27-25-11-7-5-9-23(25)24-10-6-8-12-26(24)27/h5-14,17-18,27H,15-16,19-20H2,1-4H3,(H,34,35). The number of fused-ring (bicyclic) bond motifs is 4. The molecule has 0 bridgehead atoms. The maximum atomic E-state index is 13.0. The third-order valence-electron chi connectivity index (χ3n) is 8.25. The molecule has 2 aliphatic heterocycles. The van der Waals surface area contributed by atoms with Gasteiger partial charge in [-0.2, -0.15) is 0 Å². The van der Waals surface area contributed by atoms with E-state index in [0.717, 1.165) is 16.8 Å². The number of benzene rings is 3. The van der Waals surface area contributed by atoms with Gasteiger partial charge in [-0.3, -0.25) is 0 Å². The van der Waals surface area contributed by atoms with Gasteiger partial charge in [0.25, 0.3) is 0 Å². The van der Waals surface area contributed by atoms with Crippen molar-refractivity contribution in [2.24, 2.45) is 0 Å². The lowest BCUT2D eigenvalue weighted by molar-refractivity contribution is 0.00578. The zero-order chi connectivity index (χ0) is 27.9. The average molecular weight is 539 g/mol. The average Bonchev–Trinajstić information content (AvgIpc) is 3.38. The first-order valence-corrected chi connectivity index (χ1v) is 13.8. The first-order valence-electron chi connectivity index (χ1n) is 13.8. The summed E-state index contributed by atoms with van der Waals surface area (Å²) in [5.74, 6) is 1.41. The molecule has 2 heterocycles. The monoisotopic (exact) mass is 539 g/mol. The molecule has 3 aliphatic rings. The van der Waals surface area contributed by atoms with E-state index in [9.17, 15) is 4.79 Å². The van der Waals surface area contributed by atoms with E-state index in [2.05, 4.69) is 29.6 Å². The van der Waals surface area contributed by atoms with Crippen LogP contribution in [0, 0.1) is 0 Å². The zero-order valence-corrected chi connectivity index (χ0v) is 23.4. The minimum atomic E-state index is -0.632. The van der Waals surface area contributed by atoms with Crippen molar-refractivity contribution in [2.45, 2.75) is 44.8 Å². The van der Waals surface area contributed by atoms with Gasteiger partial charge in [-0.25, -0.2) is 4.79 Å². The number of amides is 1. The van der Waals surface area contributed by atoms with Gasteiger partial charge in [-0.15, -0.1) is 0 Å². The van der Waals surface area contributed by atoms with Crippen molar-refractivity contribution >= 4 is 19.3 Å². The zero-order valence-electron chi connectivity index (χ0n) is 23.4. The van der Waals surface area contributed by atoms with E-state index < -0.39 is 24.4 Å². The molecule has 0 aromatic heterocycles. The molecule has 1 fully saturated rings. The molecule has 3 aromatic carbocycles. The fraction of sp³-hybridized carbons (Fsp3) is 0.344. The fourth-order valence-corrected chi connectivity index (χ4v) is 5.38. The maximum absolute atomic E-state index is 13.0. The molecule has 206 valence electrons. The SMILES string of the molecule is CC1(C)OB(C(=Cc2ccc3c(c2)OCCO3)CNC(=O)OCC2c3ccccc3-c3ccccc32)OC1(C)C. The van der Waals surface area contributed by atoms with Crippen LogP contribution in [0.25, 0.3) is 17.2 Å². The van der Waals surface area contributed by atoms with Gasteiger partial charge < -0.3 is 28.8 Å². The number of nitrogens with one attached hydrogen (secondary N) is 1. The van der Waals surface area contributed by atoms with E-state index in [0.29, 0.717) is 19.0 Å². The van der Waals surface area contributed by atoms with Crippen LogP contribution in [0.4, 0.5) is 4.79 Å². The van der Waals surface area contributed by atoms with Gasteiger partial charge in [0.1, 0.15) is 19.8 Å². The summed E-state index contributed by atoms with van der Waals surface area (Å²) in [6.07, 6.45) is 1.47. The van der Waals surface area contributed by atoms with Crippen molar-refractivity contribution in [1.29, 1.82) is 0 Å². The van der Waals surface area contributed by atoms with Gasteiger partial charge in [0.15, 0.2) is 11.5 Å². The van der Waals surface area contributed by atoms with Crippen LogP contribution in [0.2, 0.25) is 0 Å². The molecular weight excluding hydrogens is 505 g/mol. The van der Waals surface area contributed by atoms with Gasteiger partial charge in [-0.1, -0.05) is 60.7 Å². The summed E-state index contributed by atoms with van der Waals surface area (Å²) in [6, 6.07) is 22.3. The highest BCUT2D eigenvalue weighted by atomic mass is 16.7. The van der Waals surface area contributed by atoms with Crippen molar-refractivity contribution < 1.29 is 28.3 Å². The third kappa shape index (κ3) is 4.98. The van der Waals surface area contributed by atoms with Gasteiger partial charge in [-0.05, 0) is 73.1 Å². The van der Waals surface area contributed by atoms with Crippen LogP contribution in [0.15, 0.2) is 72.2 Å². The first kappa shape index (κ1) is 26.5. The Morgan fingerprint density at radius 1 is 0.900 bits per heavy atom. The van der Waals surface area contributed by atoms with Crippen LogP contribution in [0.3, 0.4) is 0 Å². The molecule has 40 heavy (non-hydrogen) atoms. The summed E-state index contributed by atoms with van der Waals surface area (Å²) in [4.78, 5) is 13.0. The molecule has 1 aliphatic carbocycles. The molecule has 1 amide bonds. The minimum Gasteiger partial charge on any atom is -0.486 e. The highest BCUT2D eigenvalue weighted by Gasteiger charge is 2.52. The second kappa shape index (κ2) is 10.3. The minimum absolute atomic E-state index is 0.00558. The summed E-state index contributed by atoms with van der Waals surface area (Å²) in [5.41, 5.74) is 5.35. The van der Waals surface area contributed by atoms with Gasteiger partial charge in [0.05, 0.1) is 11.2 Å². The molecule has 6 rings (SSSR count). The van der Waals surface area contributed by atoms with Crippen LogP contribution in [-0.4, -0.2) is 50.8 Å². The summed E-state index contributed by atoms with van der Waals surface area (Å²) in [6.45, 7) is 9.52. The van der Waals surface area contributed by atoms with Crippen molar-refractivity contribution in [1.82, 2.24) is 5.32 Å². The van der Waals surface area contributed by atoms with Gasteiger partial charge in [0.2, 0.25) is 0 Å². The number of hydrogen-bond donors (Lipinski definition) is 1. The predicted octanol–water partition coefficient (Wildman–Crippen LogP) is 6.01. The number of alkyl carbamates (subject to hydrolysis) is 1. The third-order valence-corrected chi connectivity index (χ3v) is 8.25. The highest BCUT2D eigenvalue weighted by Crippen LogP contribution is 2.44. The molecule has 0 atom stereocenters. The first-order chi connectivity index (χ1) is 19.2. The molecule has 1 saturated heterocycles. The highest BCUT2D eigenvalue weighted by molar-refractivity contribution is 6.56. The van der Waals surface area contributed by atoms with E-state index in [1.807, 2.05) is 76.2 Å². The topological polar surface area (TPSA) is 75.2 Å². The van der Waals surface area contributed by atoms with Crippen LogP contribution >= 0.6 is 0 Å². The molecule has 0 radical (unpaired) electrons. The van der Waals surface area contributed by atoms with E-state index in [4.69, 9.17) is 23.5 Å². The van der Waals surface area contributed by atoms with E-state index in [-0.39, 0.29) is 19.1 Å². The quantitative estimate of drug-likeness (QED) is 0.387. The Bertz CT molecular complexity index is 1400. The molecule has 7 nitrogen and oxygen atoms in total. The van der Waals surface area contributed by atoms with Crippen LogP contribution < -0.4 is 14.8 Å². The molecule has 0 saturated carbocycles. The van der Waals surface area contributed by atoms with Gasteiger partial charge >= 0.3 is 13.2 Å². The summed E-state index contributed by atoms with van der Waals surface area (Å²) < 4.78 is 29.8. The fourth-order valence-electron chi connectivity index (χ4n) is 5.38. The number of carbonyl (C=O) groups is 1. The maximum Gasteiger partial charge on any atom is 0.492 e. The summed E-state index contributed by atoms with van der Waals surface area (Å²) >= 11 is 0. The van der Waals surface area contributed by atoms with E-state index >= 15 is 0 Å². The van der Waals surface area contributed by atoms with E-state index in [1.54, 1.807) is 0 Å². The summed E-state index contributed by atoms with van der Waals surface area (Å²) in [7, 11) is -0.632. The van der Waals surface area contributed by atoms with Crippen molar-refractivity contribution in [3.63, 3.8) is 0 Å². The summed E-state index contributed by atoms with van der Waals surface area (Å²) in [5, 5.41) is 2.92. The Kier molecular flexibility index (Phi) is 6.84. The normalized spacial score (nSPS) is 18.7. The Hall–Kier alpha value is -3.75. The van der Waals surface area contributed by atoms with Gasteiger partial charge in [0, 0.05) is 12.5 Å². The lowest BCUT2D eigenvalue weighted by Crippen LogP contribution is -2.41. The second-order valence-corrected chi connectivity index (χ2v) is 11.4. The number of ether oxygens (including phenoxy) is 3. The Morgan fingerprint density at radius 3 is 2.15 bits per heavy atom. The molecule has 0 spiro atoms. The predicted molar refractivity (Wildman–Crippen MR) is 155 cm³/mol. The van der Waals surface area contributed by atoms with Crippen LogP contribution in [-0.2, 0) is 14.0 Å². The lowest BCUT2D eigenvalue weighted by Gasteiger charge is -2.32. The molecule has 0 unspecified atom stereocenters. The lowest BCUT2D eigenvalue weighted by atomic mass is 9.77. The second-order valence-electron chi connectivity index (χ2n) is 11.4.